The molecule has 4 N–H and O–H groups in total. The van der Waals surface area contributed by atoms with Crippen LogP contribution in [0.4, 0.5) is 0 Å². The topological polar surface area (TPSA) is 84.0 Å². The number of benzene rings is 2. The number of amidine groups is 1. The van der Waals surface area contributed by atoms with Crippen LogP contribution < -0.4 is 21.3 Å². The molecule has 4 rings (SSSR count). The summed E-state index contributed by atoms with van der Waals surface area (Å²) in [6.07, 6.45) is 1.28. The number of para-hydroxylation sites is 1. The van der Waals surface area contributed by atoms with Crippen molar-refractivity contribution in [2.75, 3.05) is 0 Å². The maximum Gasteiger partial charge on any atom is 0.149 e. The minimum atomic E-state index is -0.192. The summed E-state index contributed by atoms with van der Waals surface area (Å²) < 4.78 is 5.80. The molecule has 0 aliphatic carbocycles. The van der Waals surface area contributed by atoms with Gasteiger partial charge in [0, 0.05) is 0 Å². The molecule has 0 saturated carbocycles. The van der Waals surface area contributed by atoms with Crippen LogP contribution in [-0.2, 0) is 0 Å². The Kier molecular flexibility index (Phi) is 3.29. The number of fused-ring (bicyclic) bond motifs is 1. The van der Waals surface area contributed by atoms with Crippen LogP contribution in [0.25, 0.3) is 5.70 Å². The molecule has 1 unspecified atom stereocenters. The minimum Gasteiger partial charge on any atom is -0.457 e. The Bertz CT molecular complexity index is 809. The molecule has 2 aromatic carbocycles. The molecule has 0 bridgehead atoms. The highest BCUT2D eigenvalue weighted by Crippen LogP contribution is 2.27. The second-order valence-corrected chi connectivity index (χ2v) is 5.18. The van der Waals surface area contributed by atoms with Crippen molar-refractivity contribution < 1.29 is 4.74 Å². The van der Waals surface area contributed by atoms with Crippen molar-refractivity contribution in [1.82, 2.24) is 10.9 Å². The molecule has 0 aromatic heterocycles. The van der Waals surface area contributed by atoms with Gasteiger partial charge in [-0.15, -0.1) is 0 Å². The highest BCUT2D eigenvalue weighted by molar-refractivity contribution is 6.09. The van der Waals surface area contributed by atoms with Crippen LogP contribution >= 0.6 is 0 Å². The number of nitrogens with two attached hydrogens (primary N) is 1. The zero-order valence-corrected chi connectivity index (χ0v) is 12.2. The number of rotatable bonds is 3. The lowest BCUT2D eigenvalue weighted by atomic mass is 10.0. The Morgan fingerprint density at radius 1 is 0.957 bits per heavy atom. The average molecular weight is 305 g/mol. The molecule has 1 atom stereocenters. The number of hydrogen-bond donors (Lipinski definition) is 3. The first kappa shape index (κ1) is 13.5. The predicted octanol–water partition coefficient (Wildman–Crippen LogP) is 2.02. The first-order valence-corrected chi connectivity index (χ1v) is 7.25. The van der Waals surface area contributed by atoms with Crippen LogP contribution in [0.15, 0.2) is 70.2 Å². The Morgan fingerprint density at radius 2 is 1.70 bits per heavy atom. The Morgan fingerprint density at radius 3 is 2.48 bits per heavy atom. The zero-order valence-electron chi connectivity index (χ0n) is 12.2. The molecule has 2 aliphatic rings. The van der Waals surface area contributed by atoms with E-state index in [2.05, 4.69) is 20.8 Å². The van der Waals surface area contributed by atoms with Crippen LogP contribution in [-0.4, -0.2) is 18.3 Å². The molecule has 6 heteroatoms. The number of ether oxygens (including phenoxy) is 1. The largest absolute Gasteiger partial charge is 0.457 e. The number of nitrogens with one attached hydrogen (secondary N) is 2. The van der Waals surface area contributed by atoms with Gasteiger partial charge >= 0.3 is 0 Å². The summed E-state index contributed by atoms with van der Waals surface area (Å²) in [7, 11) is 0. The summed E-state index contributed by atoms with van der Waals surface area (Å²) in [5, 5.41) is 0. The lowest BCUT2D eigenvalue weighted by Gasteiger charge is -2.12. The van der Waals surface area contributed by atoms with E-state index in [1.807, 2.05) is 54.6 Å². The van der Waals surface area contributed by atoms with E-state index in [9.17, 15) is 0 Å². The summed E-state index contributed by atoms with van der Waals surface area (Å²) in [4.78, 5) is 8.30. The third kappa shape index (κ3) is 2.56. The van der Waals surface area contributed by atoms with E-state index in [1.165, 1.54) is 6.34 Å². The van der Waals surface area contributed by atoms with Crippen LogP contribution in [0.1, 0.15) is 5.56 Å². The van der Waals surface area contributed by atoms with Gasteiger partial charge in [-0.25, -0.2) is 15.4 Å². The number of hydrazine groups is 1. The third-order valence-corrected chi connectivity index (χ3v) is 3.69. The number of aliphatic imine (C=N–C) groups is 2. The van der Waals surface area contributed by atoms with Gasteiger partial charge in [0.25, 0.3) is 0 Å². The fourth-order valence-electron chi connectivity index (χ4n) is 2.57. The standard InChI is InChI=1S/C17H15N5O/c18-16-14-15(21-22-17(14)20-10-19-16)11-6-8-13(9-7-11)23-12-4-2-1-3-5-12/h1-10,17,21-22H,(H2,18,19,20). The molecule has 2 aliphatic heterocycles. The molecule has 2 heterocycles. The quantitative estimate of drug-likeness (QED) is 0.810. The smallest absolute Gasteiger partial charge is 0.149 e. The van der Waals surface area contributed by atoms with Gasteiger partial charge in [0.15, 0.2) is 0 Å². The Balaban J connectivity index is 1.60. The van der Waals surface area contributed by atoms with Crippen molar-refractivity contribution in [1.29, 1.82) is 0 Å². The van der Waals surface area contributed by atoms with Crippen LogP contribution in [0.5, 0.6) is 11.5 Å². The normalized spacial score (nSPS) is 19.1. The second kappa shape index (κ2) is 5.58. The van der Waals surface area contributed by atoms with Gasteiger partial charge < -0.3 is 15.9 Å². The molecular weight excluding hydrogens is 290 g/mol. The summed E-state index contributed by atoms with van der Waals surface area (Å²) >= 11 is 0. The highest BCUT2D eigenvalue weighted by Gasteiger charge is 2.29. The van der Waals surface area contributed by atoms with Crippen molar-refractivity contribution >= 4 is 17.9 Å². The fourth-order valence-corrected chi connectivity index (χ4v) is 2.57. The van der Waals surface area contributed by atoms with Gasteiger partial charge in [-0.05, 0) is 42.0 Å². The Labute approximate surface area is 133 Å². The van der Waals surface area contributed by atoms with Gasteiger partial charge in [-0.2, -0.15) is 0 Å². The van der Waals surface area contributed by atoms with Crippen molar-refractivity contribution in [3.63, 3.8) is 0 Å². The van der Waals surface area contributed by atoms with E-state index in [0.29, 0.717) is 5.84 Å². The van der Waals surface area contributed by atoms with E-state index < -0.39 is 0 Å². The lowest BCUT2D eigenvalue weighted by molar-refractivity contribution is 0.482. The van der Waals surface area contributed by atoms with E-state index in [4.69, 9.17) is 10.5 Å². The van der Waals surface area contributed by atoms with Crippen LogP contribution in [0.2, 0.25) is 0 Å². The van der Waals surface area contributed by atoms with Crippen LogP contribution in [0.3, 0.4) is 0 Å². The second-order valence-electron chi connectivity index (χ2n) is 5.18. The van der Waals surface area contributed by atoms with E-state index >= 15 is 0 Å². The molecular formula is C17H15N5O. The monoisotopic (exact) mass is 305 g/mol. The number of nitrogens with zero attached hydrogens (tertiary/aromatic N) is 2. The van der Waals surface area contributed by atoms with E-state index in [0.717, 1.165) is 28.3 Å². The van der Waals surface area contributed by atoms with Crippen molar-refractivity contribution in [2.24, 2.45) is 15.7 Å². The fraction of sp³-hybridized carbons (Fsp3) is 0.0588. The SMILES string of the molecule is NC1=NC=NC2NNC(c3ccc(Oc4ccccc4)cc3)=C12. The highest BCUT2D eigenvalue weighted by atomic mass is 16.5. The lowest BCUT2D eigenvalue weighted by Crippen LogP contribution is -2.35. The molecule has 114 valence electrons. The summed E-state index contributed by atoms with van der Waals surface area (Å²) in [6, 6.07) is 17.5. The van der Waals surface area contributed by atoms with E-state index in [-0.39, 0.29) is 6.17 Å². The molecule has 6 nitrogen and oxygen atoms in total. The van der Waals surface area contributed by atoms with Crippen LogP contribution in [0, 0.1) is 0 Å². The molecule has 0 radical (unpaired) electrons. The average Bonchev–Trinajstić information content (AvgIpc) is 3.02. The summed E-state index contributed by atoms with van der Waals surface area (Å²) in [6.45, 7) is 0. The van der Waals surface area contributed by atoms with E-state index in [1.54, 1.807) is 0 Å². The van der Waals surface area contributed by atoms with Gasteiger partial charge in [0.2, 0.25) is 0 Å². The first-order chi connectivity index (χ1) is 11.3. The Hall–Kier alpha value is -3.12. The molecule has 0 saturated heterocycles. The minimum absolute atomic E-state index is 0.192. The van der Waals surface area contributed by atoms with Gasteiger partial charge in [0.1, 0.15) is 29.8 Å². The van der Waals surface area contributed by atoms with Crippen molar-refractivity contribution in [3.05, 3.63) is 65.7 Å². The molecule has 0 fully saturated rings. The van der Waals surface area contributed by atoms with Crippen molar-refractivity contribution in [3.8, 4) is 11.5 Å². The molecule has 23 heavy (non-hydrogen) atoms. The van der Waals surface area contributed by atoms with Gasteiger partial charge in [-0.1, -0.05) is 18.2 Å². The zero-order chi connectivity index (χ0) is 15.6. The maximum absolute atomic E-state index is 5.98. The van der Waals surface area contributed by atoms with Crippen molar-refractivity contribution in [2.45, 2.75) is 6.17 Å². The maximum atomic E-state index is 5.98. The number of hydrogen-bond acceptors (Lipinski definition) is 6. The molecule has 2 aromatic rings. The predicted molar refractivity (Wildman–Crippen MR) is 90.1 cm³/mol. The molecule has 0 amide bonds. The van der Waals surface area contributed by atoms with Gasteiger partial charge in [0.05, 0.1) is 11.3 Å². The first-order valence-electron chi connectivity index (χ1n) is 7.25. The molecule has 0 spiro atoms. The summed E-state index contributed by atoms with van der Waals surface area (Å²) in [5.74, 6) is 2.06. The third-order valence-electron chi connectivity index (χ3n) is 3.69. The summed E-state index contributed by atoms with van der Waals surface area (Å²) in [5.41, 5.74) is 14.9. The van der Waals surface area contributed by atoms with Gasteiger partial charge in [-0.3, -0.25) is 0 Å².